The second-order valence-corrected chi connectivity index (χ2v) is 24.4. The molecule has 0 radical (unpaired) electrons. The number of benzene rings is 2. The lowest BCUT2D eigenvalue weighted by Gasteiger charge is -2.30. The maximum Gasteiger partial charge on any atom is 0.304 e. The Morgan fingerprint density at radius 2 is 0.899 bits per heavy atom. The van der Waals surface area contributed by atoms with Gasteiger partial charge in [0.05, 0.1) is 54.7 Å². The molecule has 0 aliphatic heterocycles. The molecule has 0 fully saturated rings. The van der Waals surface area contributed by atoms with E-state index in [0.29, 0.717) is 11.1 Å². The minimum Gasteiger partial charge on any atom is -0.481 e. The summed E-state index contributed by atoms with van der Waals surface area (Å²) in [5.41, 5.74) is 12.7. The summed E-state index contributed by atoms with van der Waals surface area (Å²) in [7, 11) is 0. The zero-order valence-corrected chi connectivity index (χ0v) is 52.5. The van der Waals surface area contributed by atoms with Gasteiger partial charge in [0, 0.05) is 68.6 Å². The molecule has 0 aliphatic carbocycles. The van der Waals surface area contributed by atoms with Gasteiger partial charge in [0.1, 0.15) is 5.78 Å². The summed E-state index contributed by atoms with van der Waals surface area (Å²) in [6.07, 6.45) is -6.41. The molecule has 25 heteroatoms. The molecule has 2 aromatic carbocycles. The molecule has 0 heterocycles. The molecule has 2 aromatic rings. The van der Waals surface area contributed by atoms with E-state index in [0.717, 1.165) is 6.92 Å². The summed E-state index contributed by atoms with van der Waals surface area (Å²) in [6, 6.07) is 10.00. The number of nitrogens with one attached hydrogen (secondary N) is 5. The Bertz CT molecular complexity index is 2770. The summed E-state index contributed by atoms with van der Waals surface area (Å²) in [4.78, 5) is 184. The number of Topliss-reactive ketones (excluding diaryl/α,β-unsaturated/α-hetero) is 5. The molecule has 0 saturated heterocycles. The third-order valence-electron chi connectivity index (χ3n) is 15.3. The van der Waals surface area contributed by atoms with Crippen LogP contribution in [0.2, 0.25) is 0 Å². The molecule has 0 spiro atoms. The van der Waals surface area contributed by atoms with Crippen LogP contribution >= 0.6 is 0 Å². The van der Waals surface area contributed by atoms with Gasteiger partial charge in [-0.3, -0.25) is 67.1 Å². The molecule has 0 saturated carbocycles. The summed E-state index contributed by atoms with van der Waals surface area (Å²) < 4.78 is 0. The Kier molecular flexibility index (Phi) is 33.2. The van der Waals surface area contributed by atoms with Gasteiger partial charge in [-0.05, 0) is 74.3 Å². The number of hydrogen-bond acceptors (Lipinski definition) is 16. The van der Waals surface area contributed by atoms with Crippen LogP contribution in [-0.4, -0.2) is 145 Å². The van der Waals surface area contributed by atoms with Crippen LogP contribution in [0.5, 0.6) is 0 Å². The quantitative estimate of drug-likeness (QED) is 0.0454. The van der Waals surface area contributed by atoms with Crippen LogP contribution in [0.1, 0.15) is 150 Å². The molecule has 0 aromatic heterocycles. The van der Waals surface area contributed by atoms with Crippen molar-refractivity contribution in [3.05, 3.63) is 71.8 Å². The standard InChI is InChI=1S/C64H93N7O18/c1-34(2)24-47(68-63(88)44(32-54(66)78)31-53(77)59(36(5)6)71-64(89)45(65)20-22-55(79)80)49(73)26-38(8)61(86)70-58(35(3)4)52(76)30-43(27-40-16-12-10-13-17-40)62(87)69-48(28-41-18-14-11-15-19-41)50(74)25-37(7)60(85)67-46(21-23-56(81)82)51(75)29-42(39(9)72)33-57(83)84/h10-19,34-38,42-49,58-59,73H,20-33,65H2,1-9H3,(H2,66,78)(H,67,85)(H,68,88)(H,69,87)(H,70,86)(H,71,89)(H,79,80)(H,81,82)(H,83,84)/t37-,38-,42+,43-,44+,45+,46+,47+,48+,49+,58+,59+/m1/s1. The van der Waals surface area contributed by atoms with Crippen LogP contribution in [0.15, 0.2) is 60.7 Å². The lowest BCUT2D eigenvalue weighted by Crippen LogP contribution is -2.52. The molecule has 0 bridgehead atoms. The number of carboxylic acids is 3. The van der Waals surface area contributed by atoms with Crippen molar-refractivity contribution in [2.75, 3.05) is 0 Å². The van der Waals surface area contributed by atoms with Crippen molar-refractivity contribution in [3.8, 4) is 0 Å². The van der Waals surface area contributed by atoms with Crippen molar-refractivity contribution in [3.63, 3.8) is 0 Å². The molecular formula is C64H93N7O18. The van der Waals surface area contributed by atoms with Crippen LogP contribution in [-0.2, 0) is 80.0 Å². The number of aliphatic hydroxyl groups excluding tert-OH is 1. The fraction of sp³-hybridized carbons (Fsp3) is 0.594. The summed E-state index contributed by atoms with van der Waals surface area (Å²) in [5.74, 6) is -18.8. The normalized spacial score (nSPS) is 15.4. The molecular weight excluding hydrogens is 1150 g/mol. The Morgan fingerprint density at radius 3 is 1.38 bits per heavy atom. The molecule has 6 amide bonds. The fourth-order valence-corrected chi connectivity index (χ4v) is 10.1. The second kappa shape index (κ2) is 38.4. The van der Waals surface area contributed by atoms with Gasteiger partial charge >= 0.3 is 17.9 Å². The van der Waals surface area contributed by atoms with E-state index in [-0.39, 0.29) is 38.0 Å². The van der Waals surface area contributed by atoms with E-state index in [9.17, 15) is 82.4 Å². The topological polar surface area (TPSA) is 432 Å². The number of rotatable bonds is 44. The minimum atomic E-state index is -1.44. The number of carboxylic acid groups (broad SMARTS) is 3. The number of aliphatic hydroxyl groups is 1. The van der Waals surface area contributed by atoms with Crippen molar-refractivity contribution in [2.24, 2.45) is 58.8 Å². The van der Waals surface area contributed by atoms with Gasteiger partial charge in [0.15, 0.2) is 23.1 Å². The fourth-order valence-electron chi connectivity index (χ4n) is 10.1. The zero-order chi connectivity index (χ0) is 67.4. The van der Waals surface area contributed by atoms with Crippen molar-refractivity contribution in [1.29, 1.82) is 0 Å². The van der Waals surface area contributed by atoms with Gasteiger partial charge in [-0.15, -0.1) is 0 Å². The largest absolute Gasteiger partial charge is 0.481 e. The second-order valence-electron chi connectivity index (χ2n) is 24.4. The highest BCUT2D eigenvalue weighted by molar-refractivity contribution is 5.98. The van der Waals surface area contributed by atoms with Gasteiger partial charge in [-0.1, -0.05) is 116 Å². The maximum absolute atomic E-state index is 14.7. The van der Waals surface area contributed by atoms with E-state index < -0.39 is 224 Å². The molecule has 0 unspecified atom stereocenters. The Labute approximate surface area is 519 Å². The molecule has 0 aliphatic rings. The number of primary amides is 1. The lowest BCUT2D eigenvalue weighted by molar-refractivity contribution is -0.141. The molecule has 2 rings (SSSR count). The Balaban J connectivity index is 2.39. The highest BCUT2D eigenvalue weighted by Crippen LogP contribution is 2.23. The van der Waals surface area contributed by atoms with E-state index in [1.165, 1.54) is 13.8 Å². The van der Waals surface area contributed by atoms with Crippen LogP contribution in [0, 0.1) is 47.3 Å². The maximum atomic E-state index is 14.7. The highest BCUT2D eigenvalue weighted by atomic mass is 16.4. The number of aliphatic carboxylic acids is 3. The number of hydrogen-bond donors (Lipinski definition) is 11. The lowest BCUT2D eigenvalue weighted by atomic mass is 9.87. The first-order valence-electron chi connectivity index (χ1n) is 30.2. The SMILES string of the molecule is CC(=O)[C@H](CC(=O)O)CC(=O)[C@H](CCC(=O)O)NC(=O)[C@H](C)CC(=O)[C@H](Cc1ccccc1)NC(=O)[C@@H](CC(=O)[C@@H](NC(=O)[C@H](C)C[C@H](O)[C@H](CC(C)C)NC(=O)[C@H](CC(N)=O)CC(=O)[C@@H](NC(=O)[C@@H](N)CCC(=O)O)C(C)C)C(C)C)Cc1ccccc1. The van der Waals surface area contributed by atoms with E-state index in [1.54, 1.807) is 88.4 Å². The smallest absolute Gasteiger partial charge is 0.304 e. The number of carbonyl (C=O) groups excluding carboxylic acids is 11. The Morgan fingerprint density at radius 1 is 0.449 bits per heavy atom. The number of nitrogens with two attached hydrogens (primary N) is 2. The molecule has 13 N–H and O–H groups in total. The van der Waals surface area contributed by atoms with Crippen LogP contribution < -0.4 is 38.1 Å². The van der Waals surface area contributed by atoms with Gasteiger partial charge in [0.25, 0.3) is 0 Å². The van der Waals surface area contributed by atoms with Crippen molar-refractivity contribution in [1.82, 2.24) is 26.6 Å². The summed E-state index contributed by atoms with van der Waals surface area (Å²) in [5, 5.41) is 52.8. The van der Waals surface area contributed by atoms with E-state index >= 15 is 0 Å². The molecule has 12 atom stereocenters. The van der Waals surface area contributed by atoms with Crippen molar-refractivity contribution < 1.29 is 87.5 Å². The zero-order valence-electron chi connectivity index (χ0n) is 52.5. The average Bonchev–Trinajstić information content (AvgIpc) is 2.10. The van der Waals surface area contributed by atoms with E-state index in [4.69, 9.17) is 16.6 Å². The van der Waals surface area contributed by atoms with Crippen LogP contribution in [0.3, 0.4) is 0 Å². The summed E-state index contributed by atoms with van der Waals surface area (Å²) in [6.45, 7) is 14.3. The molecule has 89 heavy (non-hydrogen) atoms. The monoisotopic (exact) mass is 1250 g/mol. The number of amides is 6. The van der Waals surface area contributed by atoms with Crippen molar-refractivity contribution in [2.45, 2.75) is 195 Å². The van der Waals surface area contributed by atoms with Gasteiger partial charge in [-0.25, -0.2) is 0 Å². The Hall–Kier alpha value is -8.06. The first-order valence-corrected chi connectivity index (χ1v) is 30.2. The van der Waals surface area contributed by atoms with Crippen molar-refractivity contribution >= 4 is 82.3 Å². The third kappa shape index (κ3) is 28.8. The van der Waals surface area contributed by atoms with Crippen LogP contribution in [0.4, 0.5) is 0 Å². The third-order valence-corrected chi connectivity index (χ3v) is 15.3. The number of ketones is 5. The van der Waals surface area contributed by atoms with Gasteiger partial charge in [-0.2, -0.15) is 0 Å². The first kappa shape index (κ1) is 77.0. The minimum absolute atomic E-state index is 0.00468. The predicted molar refractivity (Wildman–Crippen MR) is 325 cm³/mol. The van der Waals surface area contributed by atoms with E-state index in [2.05, 4.69) is 26.6 Å². The average molecular weight is 1250 g/mol. The van der Waals surface area contributed by atoms with Gasteiger partial charge < -0.3 is 58.5 Å². The van der Waals surface area contributed by atoms with Gasteiger partial charge in [0.2, 0.25) is 35.4 Å². The number of carbonyl (C=O) groups is 14. The highest BCUT2D eigenvalue weighted by Gasteiger charge is 2.38. The predicted octanol–water partition coefficient (Wildman–Crippen LogP) is 2.96. The molecule has 492 valence electrons. The molecule has 25 nitrogen and oxygen atoms in total. The van der Waals surface area contributed by atoms with Crippen LogP contribution in [0.25, 0.3) is 0 Å². The first-order chi connectivity index (χ1) is 41.6. The summed E-state index contributed by atoms with van der Waals surface area (Å²) >= 11 is 0. The van der Waals surface area contributed by atoms with E-state index in [1.807, 2.05) is 13.8 Å².